The third-order valence-electron chi connectivity index (χ3n) is 0.556. The van der Waals surface area contributed by atoms with Gasteiger partial charge in [0.25, 0.3) is 0 Å². The normalized spacial score (nSPS) is 4.70. The molecule has 0 heterocycles. The van der Waals surface area contributed by atoms with Gasteiger partial charge in [-0.25, -0.2) is 12.1 Å². The Morgan fingerprint density at radius 3 is 0.750 bits per heavy atom. The molecule has 0 spiro atoms. The zero-order valence-electron chi connectivity index (χ0n) is 16.1. The molecule has 0 nitrogen and oxygen atoms in total. The van der Waals surface area contributed by atoms with Gasteiger partial charge in [0.1, 0.15) is 0 Å². The van der Waals surface area contributed by atoms with Crippen LogP contribution in [0.3, 0.4) is 0 Å². The molecule has 0 saturated carbocycles. The van der Waals surface area contributed by atoms with Gasteiger partial charge >= 0.3 is 0 Å². The van der Waals surface area contributed by atoms with E-state index in [0.29, 0.717) is 0 Å². The summed E-state index contributed by atoms with van der Waals surface area (Å²) in [5, 5.41) is 0. The van der Waals surface area contributed by atoms with Crippen molar-refractivity contribution in [2.45, 2.75) is 41.5 Å². The van der Waals surface area contributed by atoms with Crippen molar-refractivity contribution >= 4 is 0 Å². The van der Waals surface area contributed by atoms with Crippen LogP contribution in [-0.4, -0.2) is 0 Å². The van der Waals surface area contributed by atoms with E-state index in [0.717, 1.165) is 0 Å². The van der Waals surface area contributed by atoms with Crippen molar-refractivity contribution in [3.8, 4) is 0 Å². The maximum atomic E-state index is 2.00. The monoisotopic (exact) mass is 317 g/mol. The summed E-state index contributed by atoms with van der Waals surface area (Å²) in [5.41, 5.74) is 0. The van der Waals surface area contributed by atoms with E-state index >= 15 is 0 Å². The van der Waals surface area contributed by atoms with Gasteiger partial charge < -0.3 is 56.4 Å². The second-order valence-corrected chi connectivity index (χ2v) is 2.69. The molecular formula is C19H41Ti-9. The maximum absolute atomic E-state index is 2.00. The molecule has 1 rings (SSSR count). The van der Waals surface area contributed by atoms with Gasteiger partial charge in [0.05, 0.1) is 0 Å². The molecule has 0 aliphatic rings. The van der Waals surface area contributed by atoms with Crippen molar-refractivity contribution in [1.82, 2.24) is 0 Å². The third kappa shape index (κ3) is 205. The number of hydrogen-bond acceptors (Lipinski definition) is 0. The van der Waals surface area contributed by atoms with Crippen molar-refractivity contribution in [1.29, 1.82) is 0 Å². The van der Waals surface area contributed by atoms with Crippen LogP contribution in [-0.2, 0) is 21.7 Å². The van der Waals surface area contributed by atoms with Gasteiger partial charge in [-0.2, -0.15) is 59.7 Å². The molecule has 0 amide bonds. The summed E-state index contributed by atoms with van der Waals surface area (Å²) in [7, 11) is 0. The Hall–Kier alpha value is 0.0643. The molecule has 1 aromatic carbocycles. The first-order chi connectivity index (χ1) is 6.74. The standard InChI is InChI=1S/C5H5.3C3H7.5CH3.Ti/c1-2-4-5-3-1;3*1-3-2;;;;;;/h1-5H;3*3H,1-2H3;5*1H3;/q9*-1;. The second-order valence-electron chi connectivity index (χ2n) is 2.69. The minimum Gasteiger partial charge on any atom is -0.358 e. The Morgan fingerprint density at radius 1 is 0.550 bits per heavy atom. The summed E-state index contributed by atoms with van der Waals surface area (Å²) < 4.78 is 0. The molecule has 0 atom stereocenters. The first-order valence-electron chi connectivity index (χ1n) is 5.13. The Kier molecular flexibility index (Phi) is 285. The SMILES string of the molecule is C[CH-]C.C[CH-]C.C[CH-]C.[CH3-].[CH3-].[CH3-].[CH3-].[CH3-].[Ti].c1cc[cH-]c1. The number of rotatable bonds is 0. The Balaban J connectivity index is -0.0000000108. The van der Waals surface area contributed by atoms with Gasteiger partial charge in [0.15, 0.2) is 0 Å². The fourth-order valence-electron chi connectivity index (χ4n) is 0.321. The van der Waals surface area contributed by atoms with Crippen LogP contribution >= 0.6 is 0 Å². The molecule has 130 valence electrons. The first kappa shape index (κ1) is 59.6. The van der Waals surface area contributed by atoms with E-state index < -0.39 is 0 Å². The van der Waals surface area contributed by atoms with Crippen LogP contribution in [0.25, 0.3) is 0 Å². The predicted octanol–water partition coefficient (Wildman–Crippen LogP) is 7.35. The van der Waals surface area contributed by atoms with Crippen LogP contribution in [0.5, 0.6) is 0 Å². The molecule has 0 radical (unpaired) electrons. The molecule has 20 heavy (non-hydrogen) atoms. The molecule has 0 N–H and O–H groups in total. The molecule has 0 aromatic heterocycles. The van der Waals surface area contributed by atoms with Crippen LogP contribution in [0.4, 0.5) is 0 Å². The summed E-state index contributed by atoms with van der Waals surface area (Å²) in [6.45, 7) is 12.0. The molecule has 1 heteroatoms. The molecule has 0 aliphatic heterocycles. The minimum atomic E-state index is 0. The van der Waals surface area contributed by atoms with Gasteiger partial charge in [-0.1, -0.05) is 0 Å². The maximum Gasteiger partial charge on any atom is 0 e. The van der Waals surface area contributed by atoms with Crippen molar-refractivity contribution in [2.75, 3.05) is 0 Å². The summed E-state index contributed by atoms with van der Waals surface area (Å²) >= 11 is 0. The van der Waals surface area contributed by atoms with Gasteiger partial charge in [-0.05, 0) is 0 Å². The fourth-order valence-corrected chi connectivity index (χ4v) is 0.321. The van der Waals surface area contributed by atoms with Crippen molar-refractivity contribution in [2.24, 2.45) is 0 Å². The Bertz CT molecular complexity index is 89.4. The van der Waals surface area contributed by atoms with Gasteiger partial charge in [-0.3, -0.25) is 0 Å². The third-order valence-corrected chi connectivity index (χ3v) is 0.556. The average molecular weight is 317 g/mol. The molecule has 1 aromatic rings. The summed E-state index contributed by atoms with van der Waals surface area (Å²) in [6, 6.07) is 10.0. The molecule has 0 aliphatic carbocycles. The van der Waals surface area contributed by atoms with Gasteiger partial charge in [-0.15, -0.1) is 0 Å². The largest absolute Gasteiger partial charge is 0.358 e. The van der Waals surface area contributed by atoms with E-state index in [4.69, 9.17) is 0 Å². The van der Waals surface area contributed by atoms with Crippen LogP contribution in [0.1, 0.15) is 41.5 Å². The average Bonchev–Trinajstić information content (AvgIpc) is 2.63. The van der Waals surface area contributed by atoms with E-state index in [1.165, 1.54) is 0 Å². The molecular weight excluding hydrogens is 276 g/mol. The van der Waals surface area contributed by atoms with Crippen LogP contribution in [0, 0.1) is 56.4 Å². The van der Waals surface area contributed by atoms with E-state index in [-0.39, 0.29) is 58.9 Å². The summed E-state index contributed by atoms with van der Waals surface area (Å²) in [4.78, 5) is 0. The van der Waals surface area contributed by atoms with Crippen molar-refractivity contribution in [3.63, 3.8) is 0 Å². The Labute approximate surface area is 150 Å². The van der Waals surface area contributed by atoms with Crippen LogP contribution in [0.2, 0.25) is 0 Å². The molecule has 0 fully saturated rings. The summed E-state index contributed by atoms with van der Waals surface area (Å²) in [5.74, 6) is 0. The minimum absolute atomic E-state index is 0. The van der Waals surface area contributed by atoms with Gasteiger partial charge in [0.2, 0.25) is 0 Å². The van der Waals surface area contributed by atoms with E-state index in [2.05, 4.69) is 0 Å². The van der Waals surface area contributed by atoms with Gasteiger partial charge in [0, 0.05) is 21.7 Å². The quantitative estimate of drug-likeness (QED) is 0.347. The molecule has 0 saturated heterocycles. The van der Waals surface area contributed by atoms with Crippen LogP contribution < -0.4 is 0 Å². The van der Waals surface area contributed by atoms with Crippen molar-refractivity contribution in [3.05, 3.63) is 86.7 Å². The van der Waals surface area contributed by atoms with Crippen molar-refractivity contribution < 1.29 is 21.7 Å². The summed E-state index contributed by atoms with van der Waals surface area (Å²) in [6.07, 6.45) is 6.00. The zero-order chi connectivity index (χ0) is 11.7. The first-order valence-corrected chi connectivity index (χ1v) is 5.13. The second kappa shape index (κ2) is 95.7. The van der Waals surface area contributed by atoms with E-state index in [9.17, 15) is 0 Å². The van der Waals surface area contributed by atoms with E-state index in [1.54, 1.807) is 0 Å². The van der Waals surface area contributed by atoms with Crippen LogP contribution in [0.15, 0.2) is 30.3 Å². The van der Waals surface area contributed by atoms with E-state index in [1.807, 2.05) is 91.1 Å². The Morgan fingerprint density at radius 2 is 0.700 bits per heavy atom. The predicted molar refractivity (Wildman–Crippen MR) is 101 cm³/mol. The smallest absolute Gasteiger partial charge is 0 e. The molecule has 0 unspecified atom stereocenters. The topological polar surface area (TPSA) is 0 Å². The number of hydrogen-bond donors (Lipinski definition) is 0. The zero-order valence-corrected chi connectivity index (χ0v) is 17.7. The fraction of sp³-hybridized carbons (Fsp3) is 0.316. The molecule has 0 bridgehead atoms.